The number of hydrogen-bond acceptors (Lipinski definition) is 5. The van der Waals surface area contributed by atoms with Gasteiger partial charge in [-0.2, -0.15) is 0 Å². The van der Waals surface area contributed by atoms with Gasteiger partial charge in [0, 0.05) is 80.5 Å². The van der Waals surface area contributed by atoms with Crippen LogP contribution >= 0.6 is 0 Å². The van der Waals surface area contributed by atoms with Gasteiger partial charge in [0.05, 0.1) is 0 Å². The maximum atomic E-state index is 9.94. The molecule has 4 aromatic heterocycles. The Morgan fingerprint density at radius 2 is 0.676 bits per heavy atom. The van der Waals surface area contributed by atoms with Crippen molar-refractivity contribution in [2.45, 2.75) is 157 Å². The summed E-state index contributed by atoms with van der Waals surface area (Å²) in [5, 5.41) is 9.94. The Bertz CT molecular complexity index is 2990. The molecule has 4 aromatic rings. The molecule has 0 atom stereocenters. The number of hydrogen-bond donors (Lipinski definition) is 1. The van der Waals surface area contributed by atoms with Crippen molar-refractivity contribution in [3.63, 3.8) is 0 Å². The van der Waals surface area contributed by atoms with E-state index in [-0.39, 0.29) is 0 Å². The molecule has 0 fully saturated rings. The molecule has 0 aromatic carbocycles. The smallest absolute Gasteiger partial charge is 0.120 e. The van der Waals surface area contributed by atoms with Gasteiger partial charge in [0.15, 0.2) is 0 Å². The molecule has 0 unspecified atom stereocenters. The van der Waals surface area contributed by atoms with E-state index in [1.54, 1.807) is 38.6 Å². The summed E-state index contributed by atoms with van der Waals surface area (Å²) >= 11 is 0. The molecule has 0 saturated heterocycles. The first-order valence-electron chi connectivity index (χ1n) is 25.4. The van der Waals surface area contributed by atoms with Gasteiger partial charge in [0.1, 0.15) is 28.4 Å². The van der Waals surface area contributed by atoms with E-state index in [1.165, 1.54) is 0 Å². The minimum absolute atomic E-state index is 0.596. The van der Waals surface area contributed by atoms with Crippen LogP contribution in [0.4, 0.5) is 0 Å². The van der Waals surface area contributed by atoms with Crippen LogP contribution in [-0.2, 0) is 0 Å². The standard InChI is InChI=1S/C66H68N4O/c1-10-17-23-59(56(20-13-4)33-26-52-29-39-62(16-7)67-48-52)36-43-63-40-30-53(49-68-63)27-34-57(21-14-5)60(24-18-11-2)37-44-64-41-31-54(50-69-64)28-35-58(22-15-6)61(25-19-12-3)38-45-65-42-32-55(51-70-65)46-47-66(8,9)71/h7,29-32,39-42,48-51,71H,10-15,17-25H2,1-6,8-9H3/b59-56-,60-57+,61-58+. The third kappa shape index (κ3) is 21.2. The minimum atomic E-state index is -1.06. The molecule has 0 aliphatic rings. The fourth-order valence-electron chi connectivity index (χ4n) is 6.81. The second-order valence-corrected chi connectivity index (χ2v) is 17.6. The van der Waals surface area contributed by atoms with Crippen molar-refractivity contribution in [2.75, 3.05) is 0 Å². The third-order valence-corrected chi connectivity index (χ3v) is 10.7. The lowest BCUT2D eigenvalue weighted by atomic mass is 9.98. The molecule has 5 heteroatoms. The van der Waals surface area contributed by atoms with E-state index in [2.05, 4.69) is 140 Å². The normalized spacial score (nSPS) is 11.3. The highest BCUT2D eigenvalue weighted by Crippen LogP contribution is 2.20. The number of terminal acetylenes is 1. The molecule has 0 spiro atoms. The largest absolute Gasteiger partial charge is 0.378 e. The molecule has 0 bridgehead atoms. The van der Waals surface area contributed by atoms with Crippen LogP contribution in [0.25, 0.3) is 0 Å². The van der Waals surface area contributed by atoms with E-state index in [1.807, 2.05) is 48.5 Å². The lowest BCUT2D eigenvalue weighted by Crippen LogP contribution is -2.14. The molecular weight excluding hydrogens is 865 g/mol. The Kier molecular flexibility index (Phi) is 24.7. The van der Waals surface area contributed by atoms with Gasteiger partial charge < -0.3 is 5.11 Å². The summed E-state index contributed by atoms with van der Waals surface area (Å²) in [6, 6.07) is 15.3. The van der Waals surface area contributed by atoms with Crippen LogP contribution in [0.3, 0.4) is 0 Å². The molecule has 71 heavy (non-hydrogen) atoms. The Hall–Kier alpha value is -7.74. The molecule has 4 rings (SSSR count). The summed E-state index contributed by atoms with van der Waals surface area (Å²) < 4.78 is 0. The number of allylic oxidation sites excluding steroid dienone is 6. The van der Waals surface area contributed by atoms with Crippen molar-refractivity contribution in [1.82, 2.24) is 19.9 Å². The van der Waals surface area contributed by atoms with E-state index in [4.69, 9.17) is 16.4 Å². The van der Waals surface area contributed by atoms with Gasteiger partial charge >= 0.3 is 0 Å². The monoisotopic (exact) mass is 933 g/mol. The predicted octanol–water partition coefficient (Wildman–Crippen LogP) is 13.4. The number of aromatic nitrogens is 4. The van der Waals surface area contributed by atoms with Crippen LogP contribution in [0.2, 0.25) is 0 Å². The molecule has 4 heterocycles. The van der Waals surface area contributed by atoms with E-state index in [0.29, 0.717) is 22.8 Å². The Balaban J connectivity index is 1.58. The Morgan fingerprint density at radius 3 is 0.930 bits per heavy atom. The number of aliphatic hydroxyl groups is 1. The molecule has 0 aliphatic carbocycles. The van der Waals surface area contributed by atoms with E-state index >= 15 is 0 Å². The van der Waals surface area contributed by atoms with Gasteiger partial charge in [-0.3, -0.25) is 0 Å². The summed E-state index contributed by atoms with van der Waals surface area (Å²) in [5.74, 6) is 48.9. The van der Waals surface area contributed by atoms with Crippen molar-refractivity contribution < 1.29 is 5.11 Å². The summed E-state index contributed by atoms with van der Waals surface area (Å²) in [4.78, 5) is 18.2. The fourth-order valence-corrected chi connectivity index (χ4v) is 6.81. The topological polar surface area (TPSA) is 71.8 Å². The fraction of sp³-hybridized carbons (Fsp3) is 0.364. The van der Waals surface area contributed by atoms with Crippen LogP contribution in [0.15, 0.2) is 107 Å². The molecule has 0 radical (unpaired) electrons. The summed E-state index contributed by atoms with van der Waals surface area (Å²) in [6.07, 6.45) is 26.7. The predicted molar refractivity (Wildman–Crippen MR) is 294 cm³/mol. The summed E-state index contributed by atoms with van der Waals surface area (Å²) in [7, 11) is 0. The zero-order valence-electron chi connectivity index (χ0n) is 43.3. The number of nitrogens with zero attached hydrogens (tertiary/aromatic N) is 4. The first-order chi connectivity index (χ1) is 34.5. The maximum absolute atomic E-state index is 9.94. The maximum Gasteiger partial charge on any atom is 0.120 e. The molecule has 358 valence electrons. The Morgan fingerprint density at radius 1 is 0.394 bits per heavy atom. The van der Waals surface area contributed by atoms with Gasteiger partial charge in [0.2, 0.25) is 0 Å². The van der Waals surface area contributed by atoms with Crippen molar-refractivity contribution >= 4 is 0 Å². The zero-order chi connectivity index (χ0) is 51.1. The van der Waals surface area contributed by atoms with Gasteiger partial charge in [-0.05, 0) is 138 Å². The van der Waals surface area contributed by atoms with E-state index in [0.717, 1.165) is 152 Å². The second-order valence-electron chi connectivity index (χ2n) is 17.6. The average molecular weight is 933 g/mol. The van der Waals surface area contributed by atoms with Crippen LogP contribution in [0.5, 0.6) is 0 Å². The van der Waals surface area contributed by atoms with Gasteiger partial charge in [-0.25, -0.2) is 19.9 Å². The van der Waals surface area contributed by atoms with Crippen LogP contribution in [-0.4, -0.2) is 30.6 Å². The first-order valence-corrected chi connectivity index (χ1v) is 25.4. The van der Waals surface area contributed by atoms with Crippen LogP contribution < -0.4 is 0 Å². The molecule has 5 nitrogen and oxygen atoms in total. The molecular formula is C66H68N4O. The van der Waals surface area contributed by atoms with Crippen molar-refractivity contribution in [3.8, 4) is 95.2 Å². The highest BCUT2D eigenvalue weighted by molar-refractivity contribution is 5.53. The first kappa shape index (κ1) is 55.9. The highest BCUT2D eigenvalue weighted by Gasteiger charge is 2.08. The van der Waals surface area contributed by atoms with Crippen molar-refractivity contribution in [3.05, 3.63) is 152 Å². The molecule has 1 N–H and O–H groups in total. The minimum Gasteiger partial charge on any atom is -0.378 e. The summed E-state index contributed by atoms with van der Waals surface area (Å²) in [5.41, 5.74) is 11.1. The Labute approximate surface area is 427 Å². The van der Waals surface area contributed by atoms with Crippen molar-refractivity contribution in [2.24, 2.45) is 0 Å². The summed E-state index contributed by atoms with van der Waals surface area (Å²) in [6.45, 7) is 16.4. The zero-order valence-corrected chi connectivity index (χ0v) is 43.3. The van der Waals surface area contributed by atoms with Crippen molar-refractivity contribution in [1.29, 1.82) is 0 Å². The van der Waals surface area contributed by atoms with Crippen LogP contribution in [0, 0.1) is 95.2 Å². The van der Waals surface area contributed by atoms with E-state index < -0.39 is 5.60 Å². The average Bonchev–Trinajstić information content (AvgIpc) is 3.38. The lowest BCUT2D eigenvalue weighted by Gasteiger charge is -2.05. The van der Waals surface area contributed by atoms with Gasteiger partial charge in [-0.15, -0.1) is 6.42 Å². The van der Waals surface area contributed by atoms with Gasteiger partial charge in [0.25, 0.3) is 0 Å². The van der Waals surface area contributed by atoms with E-state index in [9.17, 15) is 5.11 Å². The number of unbranched alkanes of at least 4 members (excludes halogenated alkanes) is 3. The van der Waals surface area contributed by atoms with Crippen LogP contribution in [0.1, 0.15) is 197 Å². The SMILES string of the molecule is C#Cc1ccc(C#C/C(CCC)=C(\C#Cc2ccc(C#C/C(CCC)=C(/C#Cc3ccc(C#C/C(CCC)=C(/C#Cc4ccc(C#CC(C)(C)O)cn4)CCCC)cn3)CCCC)cn2)CCCC)cn1. The second kappa shape index (κ2) is 31.4. The number of rotatable bonds is 15. The molecule has 0 aliphatic heterocycles. The van der Waals surface area contributed by atoms with Gasteiger partial charge in [-0.1, -0.05) is 151 Å². The molecule has 0 amide bonds. The quantitative estimate of drug-likeness (QED) is 0.120. The number of pyridine rings is 4. The molecule has 0 saturated carbocycles. The highest BCUT2D eigenvalue weighted by atomic mass is 16.3. The lowest BCUT2D eigenvalue weighted by molar-refractivity contribution is 0.143. The third-order valence-electron chi connectivity index (χ3n) is 10.7.